The summed E-state index contributed by atoms with van der Waals surface area (Å²) in [7, 11) is 0. The molecule has 154 valence electrons. The summed E-state index contributed by atoms with van der Waals surface area (Å²) >= 11 is 0. The first-order valence-corrected chi connectivity index (χ1v) is 10.6. The Morgan fingerprint density at radius 2 is 1.75 bits per heavy atom. The fraction of sp³-hybridized carbons (Fsp3) is 0.750. The van der Waals surface area contributed by atoms with Crippen molar-refractivity contribution in [3.05, 3.63) is 18.7 Å². The molecule has 2 saturated heterocycles. The van der Waals surface area contributed by atoms with Gasteiger partial charge in [0.15, 0.2) is 0 Å². The van der Waals surface area contributed by atoms with Crippen LogP contribution in [-0.2, 0) is 11.3 Å². The van der Waals surface area contributed by atoms with Gasteiger partial charge in [0.05, 0.1) is 6.33 Å². The highest BCUT2D eigenvalue weighted by atomic mass is 16.2. The van der Waals surface area contributed by atoms with E-state index in [1.807, 2.05) is 17.4 Å². The number of hydrogen-bond acceptors (Lipinski definition) is 4. The second kappa shape index (κ2) is 7.73. The number of amides is 3. The molecule has 8 heteroatoms. The van der Waals surface area contributed by atoms with Gasteiger partial charge in [0, 0.05) is 44.0 Å². The standard InChI is InChI=1S/C20H32N6O2/c21-17(27)20(26-9-2-1-3-10-26)6-11-25(12-7-20)18(28)23-14-19(4-5-19)15-24-13-8-22-16-24/h8,13,16H,1-7,9-12,14-15H2,(H2,21,27)(H,23,28). The molecule has 1 aliphatic carbocycles. The largest absolute Gasteiger partial charge is 0.368 e. The molecule has 3 fully saturated rings. The molecule has 3 N–H and O–H groups in total. The number of aromatic nitrogens is 2. The summed E-state index contributed by atoms with van der Waals surface area (Å²) < 4.78 is 2.08. The first-order chi connectivity index (χ1) is 13.5. The van der Waals surface area contributed by atoms with Crippen LogP contribution in [0.4, 0.5) is 4.79 Å². The van der Waals surface area contributed by atoms with Crippen LogP contribution in [0.3, 0.4) is 0 Å². The fourth-order valence-electron chi connectivity index (χ4n) is 4.83. The topological polar surface area (TPSA) is 96.5 Å². The van der Waals surface area contributed by atoms with Gasteiger partial charge in [-0.1, -0.05) is 6.42 Å². The number of likely N-dealkylation sites (tertiary alicyclic amines) is 2. The highest BCUT2D eigenvalue weighted by molar-refractivity contribution is 5.85. The van der Waals surface area contributed by atoms with E-state index in [0.717, 1.165) is 45.3 Å². The first-order valence-electron chi connectivity index (χ1n) is 10.6. The number of nitrogens with two attached hydrogens (primary N) is 1. The molecule has 0 spiro atoms. The van der Waals surface area contributed by atoms with Gasteiger partial charge in [-0.15, -0.1) is 0 Å². The number of rotatable bonds is 6. The van der Waals surface area contributed by atoms with Crippen LogP contribution in [0.5, 0.6) is 0 Å². The number of urea groups is 1. The molecule has 28 heavy (non-hydrogen) atoms. The van der Waals surface area contributed by atoms with E-state index in [1.165, 1.54) is 6.42 Å². The van der Waals surface area contributed by atoms with Crippen LogP contribution in [-0.4, -0.2) is 69.6 Å². The van der Waals surface area contributed by atoms with Gasteiger partial charge in [-0.2, -0.15) is 0 Å². The third-order valence-electron chi connectivity index (χ3n) is 6.95. The summed E-state index contributed by atoms with van der Waals surface area (Å²) in [6, 6.07) is -0.0198. The maximum atomic E-state index is 12.7. The molecule has 3 amide bonds. The Kier molecular flexibility index (Phi) is 5.31. The minimum atomic E-state index is -0.573. The molecule has 1 aromatic rings. The van der Waals surface area contributed by atoms with Gasteiger partial charge in [-0.3, -0.25) is 9.69 Å². The van der Waals surface area contributed by atoms with E-state index in [9.17, 15) is 9.59 Å². The second-order valence-corrected chi connectivity index (χ2v) is 8.82. The normalized spacial score (nSPS) is 23.9. The maximum Gasteiger partial charge on any atom is 0.317 e. The van der Waals surface area contributed by atoms with Gasteiger partial charge < -0.3 is 20.5 Å². The van der Waals surface area contributed by atoms with E-state index in [2.05, 4.69) is 19.8 Å². The van der Waals surface area contributed by atoms with E-state index in [4.69, 9.17) is 5.73 Å². The molecular weight excluding hydrogens is 356 g/mol. The molecule has 0 bridgehead atoms. The Balaban J connectivity index is 1.29. The Morgan fingerprint density at radius 3 is 2.32 bits per heavy atom. The van der Waals surface area contributed by atoms with Crippen molar-refractivity contribution in [3.8, 4) is 0 Å². The van der Waals surface area contributed by atoms with Crippen molar-refractivity contribution in [2.75, 3.05) is 32.7 Å². The highest BCUT2D eigenvalue weighted by Crippen LogP contribution is 2.46. The van der Waals surface area contributed by atoms with Crippen molar-refractivity contribution in [1.29, 1.82) is 0 Å². The highest BCUT2D eigenvalue weighted by Gasteiger charge is 2.46. The zero-order valence-electron chi connectivity index (χ0n) is 16.6. The summed E-state index contributed by atoms with van der Waals surface area (Å²) in [5.41, 5.74) is 5.43. The fourth-order valence-corrected chi connectivity index (χ4v) is 4.83. The lowest BCUT2D eigenvalue weighted by Gasteiger charge is -2.48. The zero-order valence-corrected chi connectivity index (χ0v) is 16.6. The van der Waals surface area contributed by atoms with Gasteiger partial charge in [0.25, 0.3) is 0 Å². The van der Waals surface area contributed by atoms with Gasteiger partial charge in [0.2, 0.25) is 5.91 Å². The van der Waals surface area contributed by atoms with Crippen LogP contribution in [0.25, 0.3) is 0 Å². The number of imidazole rings is 1. The summed E-state index contributed by atoms with van der Waals surface area (Å²) in [5, 5.41) is 3.13. The summed E-state index contributed by atoms with van der Waals surface area (Å²) in [6.45, 7) is 4.62. The molecule has 0 aromatic carbocycles. The second-order valence-electron chi connectivity index (χ2n) is 8.82. The van der Waals surface area contributed by atoms with Gasteiger partial charge in [-0.25, -0.2) is 9.78 Å². The predicted molar refractivity (Wildman–Crippen MR) is 105 cm³/mol. The third-order valence-corrected chi connectivity index (χ3v) is 6.95. The van der Waals surface area contributed by atoms with Crippen molar-refractivity contribution in [2.24, 2.45) is 11.1 Å². The Bertz CT molecular complexity index is 686. The lowest BCUT2D eigenvalue weighted by molar-refractivity contribution is -0.134. The third kappa shape index (κ3) is 3.87. The van der Waals surface area contributed by atoms with E-state index < -0.39 is 5.54 Å². The Labute approximate surface area is 166 Å². The van der Waals surface area contributed by atoms with Gasteiger partial charge >= 0.3 is 6.03 Å². The number of hydrogen-bond donors (Lipinski definition) is 2. The molecule has 8 nitrogen and oxygen atoms in total. The van der Waals surface area contributed by atoms with Crippen LogP contribution in [0.1, 0.15) is 44.9 Å². The average Bonchev–Trinajstić information content (AvgIpc) is 3.29. The van der Waals surface area contributed by atoms with Crippen LogP contribution >= 0.6 is 0 Å². The van der Waals surface area contributed by atoms with Gasteiger partial charge in [0.1, 0.15) is 5.54 Å². The molecule has 0 atom stereocenters. The summed E-state index contributed by atoms with van der Waals surface area (Å²) in [4.78, 5) is 33.2. The lowest BCUT2D eigenvalue weighted by Crippen LogP contribution is -2.64. The van der Waals surface area contributed by atoms with E-state index in [-0.39, 0.29) is 17.4 Å². The van der Waals surface area contributed by atoms with E-state index >= 15 is 0 Å². The van der Waals surface area contributed by atoms with Crippen molar-refractivity contribution < 1.29 is 9.59 Å². The quantitative estimate of drug-likeness (QED) is 0.765. The average molecular weight is 389 g/mol. The van der Waals surface area contributed by atoms with E-state index in [1.54, 1.807) is 6.20 Å². The number of nitrogens with one attached hydrogen (secondary N) is 1. The van der Waals surface area contributed by atoms with Gasteiger partial charge in [-0.05, 0) is 51.6 Å². The number of carbonyl (C=O) groups excluding carboxylic acids is 2. The minimum absolute atomic E-state index is 0.0198. The minimum Gasteiger partial charge on any atom is -0.368 e. The van der Waals surface area contributed by atoms with Crippen molar-refractivity contribution in [2.45, 2.75) is 57.0 Å². The molecule has 0 radical (unpaired) electrons. The Hall–Kier alpha value is -2.09. The molecule has 3 aliphatic rings. The van der Waals surface area contributed by atoms with Crippen LogP contribution in [0, 0.1) is 5.41 Å². The lowest BCUT2D eigenvalue weighted by atomic mass is 9.83. The summed E-state index contributed by atoms with van der Waals surface area (Å²) in [5.74, 6) is -0.230. The van der Waals surface area contributed by atoms with Crippen LogP contribution < -0.4 is 11.1 Å². The molecule has 0 unspecified atom stereocenters. The van der Waals surface area contributed by atoms with Crippen molar-refractivity contribution in [1.82, 2.24) is 24.7 Å². The number of piperidine rings is 2. The molecule has 3 heterocycles. The molecule has 1 aromatic heterocycles. The molecule has 1 saturated carbocycles. The molecule has 2 aliphatic heterocycles. The predicted octanol–water partition coefficient (Wildman–Crippen LogP) is 1.18. The smallest absolute Gasteiger partial charge is 0.317 e. The Morgan fingerprint density at radius 1 is 1.04 bits per heavy atom. The van der Waals surface area contributed by atoms with Crippen molar-refractivity contribution in [3.63, 3.8) is 0 Å². The number of carbonyl (C=O) groups is 2. The maximum absolute atomic E-state index is 12.7. The first kappa shape index (κ1) is 19.2. The van der Waals surface area contributed by atoms with Crippen molar-refractivity contribution >= 4 is 11.9 Å². The SMILES string of the molecule is NC(=O)C1(N2CCCCC2)CCN(C(=O)NCC2(Cn3ccnc3)CC2)CC1. The number of nitrogens with zero attached hydrogens (tertiary/aromatic N) is 4. The number of primary amides is 1. The zero-order chi connectivity index (χ0) is 19.6. The molecule has 4 rings (SSSR count). The van der Waals surface area contributed by atoms with Crippen LogP contribution in [0.15, 0.2) is 18.7 Å². The summed E-state index contributed by atoms with van der Waals surface area (Å²) in [6.07, 6.45) is 12.6. The molecular formula is C20H32N6O2. The van der Waals surface area contributed by atoms with Crippen LogP contribution in [0.2, 0.25) is 0 Å². The monoisotopic (exact) mass is 388 g/mol. The van der Waals surface area contributed by atoms with E-state index in [0.29, 0.717) is 32.5 Å².